The van der Waals surface area contributed by atoms with Gasteiger partial charge in [0, 0.05) is 38.5 Å². The Morgan fingerprint density at radius 2 is 2.00 bits per heavy atom. The lowest BCUT2D eigenvalue weighted by Gasteiger charge is -2.13. The smallest absolute Gasteiger partial charge is 0.222 e. The van der Waals surface area contributed by atoms with E-state index >= 15 is 0 Å². The van der Waals surface area contributed by atoms with Crippen molar-refractivity contribution in [1.29, 1.82) is 0 Å². The summed E-state index contributed by atoms with van der Waals surface area (Å²) < 4.78 is 2.15. The Hall–Kier alpha value is -2.67. The SMILES string of the molecule is Cn1c(CCNc2nc(N)nc3c2CCNCC3)nc2ccccc21. The van der Waals surface area contributed by atoms with Crippen LogP contribution in [0, 0.1) is 0 Å². The number of aromatic nitrogens is 4. The maximum Gasteiger partial charge on any atom is 0.222 e. The minimum Gasteiger partial charge on any atom is -0.369 e. The quantitative estimate of drug-likeness (QED) is 0.664. The fourth-order valence-electron chi connectivity index (χ4n) is 3.42. The number of nitrogen functional groups attached to an aromatic ring is 1. The molecule has 4 N–H and O–H groups in total. The summed E-state index contributed by atoms with van der Waals surface area (Å²) >= 11 is 0. The Kier molecular flexibility index (Phi) is 4.23. The molecule has 0 atom stereocenters. The van der Waals surface area contributed by atoms with Crippen LogP contribution in [0.15, 0.2) is 24.3 Å². The Morgan fingerprint density at radius 3 is 2.88 bits per heavy atom. The summed E-state index contributed by atoms with van der Waals surface area (Å²) in [6.07, 6.45) is 2.63. The van der Waals surface area contributed by atoms with Gasteiger partial charge in [0.2, 0.25) is 5.95 Å². The minimum atomic E-state index is 0.339. The van der Waals surface area contributed by atoms with Gasteiger partial charge in [-0.2, -0.15) is 4.98 Å². The maximum atomic E-state index is 5.89. The number of rotatable bonds is 4. The van der Waals surface area contributed by atoms with E-state index in [0.29, 0.717) is 5.95 Å². The molecule has 0 amide bonds. The van der Waals surface area contributed by atoms with E-state index in [9.17, 15) is 0 Å². The Morgan fingerprint density at radius 1 is 1.16 bits per heavy atom. The molecule has 0 saturated carbocycles. The van der Waals surface area contributed by atoms with E-state index in [1.807, 2.05) is 18.2 Å². The van der Waals surface area contributed by atoms with Crippen molar-refractivity contribution in [3.05, 3.63) is 41.3 Å². The molecule has 4 rings (SSSR count). The Balaban J connectivity index is 1.51. The van der Waals surface area contributed by atoms with E-state index in [4.69, 9.17) is 10.7 Å². The monoisotopic (exact) mass is 337 g/mol. The second-order valence-electron chi connectivity index (χ2n) is 6.36. The molecule has 1 aliphatic rings. The largest absolute Gasteiger partial charge is 0.369 e. The van der Waals surface area contributed by atoms with Gasteiger partial charge < -0.3 is 20.9 Å². The van der Waals surface area contributed by atoms with Crippen molar-refractivity contribution < 1.29 is 0 Å². The van der Waals surface area contributed by atoms with Crippen molar-refractivity contribution in [2.24, 2.45) is 7.05 Å². The first kappa shape index (κ1) is 15.8. The molecule has 0 radical (unpaired) electrons. The number of aryl methyl sites for hydroxylation is 1. The average Bonchev–Trinajstić information content (AvgIpc) is 2.78. The molecule has 0 aliphatic carbocycles. The number of hydrogen-bond donors (Lipinski definition) is 3. The van der Waals surface area contributed by atoms with Gasteiger partial charge >= 0.3 is 0 Å². The van der Waals surface area contributed by atoms with Crippen LogP contribution < -0.4 is 16.4 Å². The van der Waals surface area contributed by atoms with E-state index < -0.39 is 0 Å². The van der Waals surface area contributed by atoms with Crippen LogP contribution in [0.5, 0.6) is 0 Å². The summed E-state index contributed by atoms with van der Waals surface area (Å²) in [6, 6.07) is 8.20. The van der Waals surface area contributed by atoms with Gasteiger partial charge in [-0.1, -0.05) is 12.1 Å². The van der Waals surface area contributed by atoms with Crippen LogP contribution in [0.4, 0.5) is 11.8 Å². The highest BCUT2D eigenvalue weighted by Crippen LogP contribution is 2.21. The van der Waals surface area contributed by atoms with E-state index in [-0.39, 0.29) is 0 Å². The van der Waals surface area contributed by atoms with Crippen LogP contribution >= 0.6 is 0 Å². The van der Waals surface area contributed by atoms with Gasteiger partial charge in [0.25, 0.3) is 0 Å². The van der Waals surface area contributed by atoms with Gasteiger partial charge in [0.05, 0.1) is 16.7 Å². The molecule has 0 saturated heterocycles. The van der Waals surface area contributed by atoms with Crippen LogP contribution in [0.25, 0.3) is 11.0 Å². The van der Waals surface area contributed by atoms with Gasteiger partial charge in [-0.05, 0) is 25.1 Å². The molecular formula is C18H23N7. The maximum absolute atomic E-state index is 5.89. The molecule has 2 aromatic heterocycles. The van der Waals surface area contributed by atoms with E-state index in [0.717, 1.165) is 67.3 Å². The minimum absolute atomic E-state index is 0.339. The van der Waals surface area contributed by atoms with E-state index in [1.165, 1.54) is 5.56 Å². The third-order valence-corrected chi connectivity index (χ3v) is 4.72. The molecule has 0 bridgehead atoms. The highest BCUT2D eigenvalue weighted by Gasteiger charge is 2.16. The second kappa shape index (κ2) is 6.68. The number of para-hydroxylation sites is 2. The number of benzene rings is 1. The van der Waals surface area contributed by atoms with Crippen molar-refractivity contribution in [3.8, 4) is 0 Å². The molecule has 0 unspecified atom stereocenters. The molecule has 0 spiro atoms. The highest BCUT2D eigenvalue weighted by atomic mass is 15.1. The lowest BCUT2D eigenvalue weighted by atomic mass is 10.1. The molecule has 25 heavy (non-hydrogen) atoms. The molecule has 0 fully saturated rings. The number of fused-ring (bicyclic) bond motifs is 2. The van der Waals surface area contributed by atoms with Crippen molar-refractivity contribution in [3.63, 3.8) is 0 Å². The molecular weight excluding hydrogens is 314 g/mol. The van der Waals surface area contributed by atoms with Crippen LogP contribution in [-0.4, -0.2) is 39.2 Å². The first-order valence-corrected chi connectivity index (χ1v) is 8.72. The zero-order valence-corrected chi connectivity index (χ0v) is 14.4. The van der Waals surface area contributed by atoms with E-state index in [1.54, 1.807) is 0 Å². The summed E-state index contributed by atoms with van der Waals surface area (Å²) in [5.74, 6) is 2.26. The number of imidazole rings is 1. The zero-order valence-electron chi connectivity index (χ0n) is 14.4. The Labute approximate surface area is 146 Å². The summed E-state index contributed by atoms with van der Waals surface area (Å²) in [6.45, 7) is 2.63. The van der Waals surface area contributed by atoms with Gasteiger partial charge in [-0.15, -0.1) is 0 Å². The summed E-state index contributed by atoms with van der Waals surface area (Å²) in [5.41, 5.74) is 10.3. The molecule has 7 heteroatoms. The van der Waals surface area contributed by atoms with Gasteiger partial charge in [0.15, 0.2) is 0 Å². The predicted octanol–water partition coefficient (Wildman–Crippen LogP) is 1.29. The third-order valence-electron chi connectivity index (χ3n) is 4.72. The molecule has 1 aliphatic heterocycles. The molecule has 7 nitrogen and oxygen atoms in total. The van der Waals surface area contributed by atoms with Crippen molar-refractivity contribution in [2.45, 2.75) is 19.3 Å². The average molecular weight is 337 g/mol. The number of nitrogens with two attached hydrogens (primary N) is 1. The number of anilines is 2. The lowest BCUT2D eigenvalue weighted by molar-refractivity contribution is 0.708. The van der Waals surface area contributed by atoms with Gasteiger partial charge in [-0.3, -0.25) is 0 Å². The first-order chi connectivity index (χ1) is 12.2. The van der Waals surface area contributed by atoms with Crippen molar-refractivity contribution in [2.75, 3.05) is 30.7 Å². The fraction of sp³-hybridized carbons (Fsp3) is 0.389. The van der Waals surface area contributed by atoms with Gasteiger partial charge in [-0.25, -0.2) is 9.97 Å². The third kappa shape index (κ3) is 3.15. The molecule has 3 aromatic rings. The predicted molar refractivity (Wildman–Crippen MR) is 99.6 cm³/mol. The van der Waals surface area contributed by atoms with Crippen molar-refractivity contribution >= 4 is 22.8 Å². The number of nitrogens with zero attached hydrogens (tertiary/aromatic N) is 4. The van der Waals surface area contributed by atoms with Crippen LogP contribution in [0.2, 0.25) is 0 Å². The summed E-state index contributed by atoms with van der Waals surface area (Å²) in [4.78, 5) is 13.6. The molecule has 1 aromatic carbocycles. The molecule has 3 heterocycles. The summed E-state index contributed by atoms with van der Waals surface area (Å²) in [7, 11) is 2.06. The van der Waals surface area contributed by atoms with Crippen molar-refractivity contribution in [1.82, 2.24) is 24.8 Å². The first-order valence-electron chi connectivity index (χ1n) is 8.72. The summed E-state index contributed by atoms with van der Waals surface area (Å²) in [5, 5.41) is 6.84. The fourth-order valence-corrected chi connectivity index (χ4v) is 3.42. The van der Waals surface area contributed by atoms with E-state index in [2.05, 4.69) is 38.3 Å². The number of hydrogen-bond acceptors (Lipinski definition) is 6. The van der Waals surface area contributed by atoms with Crippen LogP contribution in [0.1, 0.15) is 17.1 Å². The molecule has 130 valence electrons. The standard InChI is InChI=1S/C18H23N7/c1-25-15-5-3-2-4-14(15)22-16(25)8-11-21-17-12-6-9-20-10-7-13(12)23-18(19)24-17/h2-5,20H,6-11H2,1H3,(H3,19,21,23,24). The second-order valence-corrected chi connectivity index (χ2v) is 6.36. The normalized spacial score (nSPS) is 14.3. The van der Waals surface area contributed by atoms with Crippen LogP contribution in [-0.2, 0) is 26.3 Å². The highest BCUT2D eigenvalue weighted by molar-refractivity contribution is 5.75. The Bertz CT molecular complexity index is 900. The van der Waals surface area contributed by atoms with Crippen LogP contribution in [0.3, 0.4) is 0 Å². The lowest BCUT2D eigenvalue weighted by Crippen LogP contribution is -2.16. The zero-order chi connectivity index (χ0) is 17.2. The number of nitrogens with one attached hydrogen (secondary N) is 2. The topological polar surface area (TPSA) is 93.7 Å². The van der Waals surface area contributed by atoms with Gasteiger partial charge in [0.1, 0.15) is 11.6 Å².